The van der Waals surface area contributed by atoms with Crippen molar-refractivity contribution in [3.05, 3.63) is 28.8 Å². The lowest BCUT2D eigenvalue weighted by atomic mass is 10.1. The molecule has 0 spiro atoms. The molecule has 1 aliphatic rings. The van der Waals surface area contributed by atoms with Crippen LogP contribution in [0, 0.1) is 5.92 Å². The molecule has 1 saturated carbocycles. The van der Waals surface area contributed by atoms with E-state index in [-0.39, 0.29) is 6.61 Å². The molecule has 0 heterocycles. The minimum atomic E-state index is 0.0592. The van der Waals surface area contributed by atoms with Gasteiger partial charge in [0.1, 0.15) is 0 Å². The van der Waals surface area contributed by atoms with Crippen LogP contribution in [-0.2, 0) is 6.61 Å². The van der Waals surface area contributed by atoms with Gasteiger partial charge in [-0.2, -0.15) is 0 Å². The Morgan fingerprint density at radius 2 is 2.27 bits per heavy atom. The lowest BCUT2D eigenvalue weighted by molar-refractivity contribution is 0.282. The first kappa shape index (κ1) is 10.8. The molecule has 1 aromatic carbocycles. The van der Waals surface area contributed by atoms with Crippen LogP contribution in [-0.4, -0.2) is 11.1 Å². The first-order valence-corrected chi connectivity index (χ1v) is 5.74. The Labute approximate surface area is 95.3 Å². The molecular weight excluding hydrogens is 210 g/mol. The van der Waals surface area contributed by atoms with Gasteiger partial charge in [0.2, 0.25) is 0 Å². The Balaban J connectivity index is 2.11. The largest absolute Gasteiger partial charge is 0.392 e. The van der Waals surface area contributed by atoms with Crippen molar-refractivity contribution in [1.82, 2.24) is 0 Å². The van der Waals surface area contributed by atoms with Crippen LogP contribution in [0.5, 0.6) is 0 Å². The molecule has 2 nitrogen and oxygen atoms in total. The fraction of sp³-hybridized carbons (Fsp3) is 0.500. The Morgan fingerprint density at radius 3 is 2.87 bits per heavy atom. The summed E-state index contributed by atoms with van der Waals surface area (Å²) >= 11 is 6.08. The summed E-state index contributed by atoms with van der Waals surface area (Å²) in [6, 6.07) is 6.06. The number of rotatable bonds is 4. The fourth-order valence-corrected chi connectivity index (χ4v) is 1.91. The second-order valence-electron chi connectivity index (χ2n) is 4.24. The van der Waals surface area contributed by atoms with Gasteiger partial charge in [0.15, 0.2) is 0 Å². The minimum Gasteiger partial charge on any atom is -0.392 e. The highest BCUT2D eigenvalue weighted by molar-refractivity contribution is 6.33. The van der Waals surface area contributed by atoms with E-state index < -0.39 is 0 Å². The smallest absolute Gasteiger partial charge is 0.0682 e. The van der Waals surface area contributed by atoms with Crippen molar-refractivity contribution in [2.45, 2.75) is 32.4 Å². The van der Waals surface area contributed by atoms with Gasteiger partial charge >= 0.3 is 0 Å². The number of halogens is 1. The van der Waals surface area contributed by atoms with Crippen LogP contribution in [0.15, 0.2) is 18.2 Å². The normalized spacial score (nSPS) is 17.5. The van der Waals surface area contributed by atoms with E-state index in [1.807, 2.05) is 18.2 Å². The fourth-order valence-electron chi connectivity index (χ4n) is 1.74. The maximum absolute atomic E-state index is 9.04. The summed E-state index contributed by atoms with van der Waals surface area (Å²) in [5.41, 5.74) is 1.83. The van der Waals surface area contributed by atoms with E-state index in [0.29, 0.717) is 6.04 Å². The van der Waals surface area contributed by atoms with Gasteiger partial charge in [0.05, 0.1) is 17.3 Å². The summed E-state index contributed by atoms with van der Waals surface area (Å²) in [7, 11) is 0. The zero-order valence-electron chi connectivity index (χ0n) is 8.83. The van der Waals surface area contributed by atoms with E-state index in [0.717, 1.165) is 22.2 Å². The van der Waals surface area contributed by atoms with Crippen LogP contribution in [0.3, 0.4) is 0 Å². The summed E-state index contributed by atoms with van der Waals surface area (Å²) in [6.45, 7) is 2.24. The highest BCUT2D eigenvalue weighted by atomic mass is 35.5. The lowest BCUT2D eigenvalue weighted by Crippen LogP contribution is -2.17. The van der Waals surface area contributed by atoms with Crippen LogP contribution in [0.25, 0.3) is 0 Å². The molecule has 1 fully saturated rings. The molecule has 1 unspecified atom stereocenters. The highest BCUT2D eigenvalue weighted by Gasteiger charge is 2.28. The van der Waals surface area contributed by atoms with E-state index in [9.17, 15) is 0 Å². The maximum atomic E-state index is 9.04. The van der Waals surface area contributed by atoms with Gasteiger partial charge in [-0.25, -0.2) is 0 Å². The highest BCUT2D eigenvalue weighted by Crippen LogP contribution is 2.35. The van der Waals surface area contributed by atoms with Crippen molar-refractivity contribution >= 4 is 17.3 Å². The molecule has 15 heavy (non-hydrogen) atoms. The summed E-state index contributed by atoms with van der Waals surface area (Å²) in [4.78, 5) is 0. The molecule has 0 aromatic heterocycles. The molecular formula is C12H16ClNO. The van der Waals surface area contributed by atoms with E-state index in [2.05, 4.69) is 12.2 Å². The van der Waals surface area contributed by atoms with E-state index >= 15 is 0 Å². The molecule has 1 atom stereocenters. The predicted molar refractivity (Wildman–Crippen MR) is 63.2 cm³/mol. The SMILES string of the molecule is CC(Nc1cc(CO)ccc1Cl)C1CC1. The van der Waals surface area contributed by atoms with Gasteiger partial charge in [-0.15, -0.1) is 0 Å². The number of hydrogen-bond acceptors (Lipinski definition) is 2. The number of aliphatic hydroxyl groups is 1. The van der Waals surface area contributed by atoms with Crippen LogP contribution in [0.1, 0.15) is 25.3 Å². The molecule has 0 radical (unpaired) electrons. The Morgan fingerprint density at radius 1 is 1.53 bits per heavy atom. The quantitative estimate of drug-likeness (QED) is 0.826. The van der Waals surface area contributed by atoms with Gasteiger partial charge < -0.3 is 10.4 Å². The Bertz CT molecular complexity index is 349. The van der Waals surface area contributed by atoms with Gasteiger partial charge in [-0.3, -0.25) is 0 Å². The van der Waals surface area contributed by atoms with Crippen LogP contribution >= 0.6 is 11.6 Å². The first-order valence-electron chi connectivity index (χ1n) is 5.36. The van der Waals surface area contributed by atoms with Gasteiger partial charge in [0, 0.05) is 6.04 Å². The summed E-state index contributed by atoms with van der Waals surface area (Å²) in [5, 5.41) is 13.2. The molecule has 3 heteroatoms. The zero-order valence-corrected chi connectivity index (χ0v) is 9.59. The Kier molecular flexibility index (Phi) is 3.17. The van der Waals surface area contributed by atoms with Gasteiger partial charge in [0.25, 0.3) is 0 Å². The zero-order chi connectivity index (χ0) is 10.8. The monoisotopic (exact) mass is 225 g/mol. The van der Waals surface area contributed by atoms with Crippen molar-refractivity contribution in [1.29, 1.82) is 0 Å². The molecule has 1 aliphatic carbocycles. The lowest BCUT2D eigenvalue weighted by Gasteiger charge is -2.16. The minimum absolute atomic E-state index is 0.0592. The number of anilines is 1. The molecule has 0 amide bonds. The molecule has 0 bridgehead atoms. The number of benzene rings is 1. The third-order valence-electron chi connectivity index (χ3n) is 2.93. The summed E-state index contributed by atoms with van der Waals surface area (Å²) < 4.78 is 0. The summed E-state index contributed by atoms with van der Waals surface area (Å²) in [6.07, 6.45) is 2.62. The number of nitrogens with one attached hydrogen (secondary N) is 1. The molecule has 1 aromatic rings. The van der Waals surface area contributed by atoms with Crippen molar-refractivity contribution < 1.29 is 5.11 Å². The van der Waals surface area contributed by atoms with E-state index in [4.69, 9.17) is 16.7 Å². The molecule has 0 aliphatic heterocycles. The van der Waals surface area contributed by atoms with Crippen molar-refractivity contribution in [3.63, 3.8) is 0 Å². The van der Waals surface area contributed by atoms with Crippen LogP contribution in [0.2, 0.25) is 5.02 Å². The van der Waals surface area contributed by atoms with E-state index in [1.165, 1.54) is 12.8 Å². The molecule has 0 saturated heterocycles. The maximum Gasteiger partial charge on any atom is 0.0682 e. The number of hydrogen-bond donors (Lipinski definition) is 2. The summed E-state index contributed by atoms with van der Waals surface area (Å²) in [5.74, 6) is 0.791. The van der Waals surface area contributed by atoms with Crippen LogP contribution < -0.4 is 5.32 Å². The van der Waals surface area contributed by atoms with Crippen molar-refractivity contribution in [3.8, 4) is 0 Å². The predicted octanol–water partition coefficient (Wildman–Crippen LogP) is 3.04. The Hall–Kier alpha value is -0.730. The van der Waals surface area contributed by atoms with Gasteiger partial charge in [-0.05, 0) is 43.4 Å². The second kappa shape index (κ2) is 4.42. The third kappa shape index (κ3) is 2.64. The molecule has 2 N–H and O–H groups in total. The van der Waals surface area contributed by atoms with Crippen molar-refractivity contribution in [2.24, 2.45) is 5.92 Å². The average Bonchev–Trinajstić information content (AvgIpc) is 3.04. The van der Waals surface area contributed by atoms with Crippen LogP contribution in [0.4, 0.5) is 5.69 Å². The van der Waals surface area contributed by atoms with Gasteiger partial charge in [-0.1, -0.05) is 17.7 Å². The first-order chi connectivity index (χ1) is 7.20. The number of aliphatic hydroxyl groups excluding tert-OH is 1. The molecule has 2 rings (SSSR count). The second-order valence-corrected chi connectivity index (χ2v) is 4.65. The topological polar surface area (TPSA) is 32.3 Å². The van der Waals surface area contributed by atoms with Crippen molar-refractivity contribution in [2.75, 3.05) is 5.32 Å². The standard InChI is InChI=1S/C12H16ClNO/c1-8(10-3-4-10)14-12-6-9(7-15)2-5-11(12)13/h2,5-6,8,10,14-15H,3-4,7H2,1H3. The third-order valence-corrected chi connectivity index (χ3v) is 3.26. The average molecular weight is 226 g/mol. The molecule has 82 valence electrons. The van der Waals surface area contributed by atoms with E-state index in [1.54, 1.807) is 0 Å².